The number of halogens is 5. The minimum absolute atomic E-state index is 0.0407. The van der Waals surface area contributed by atoms with Gasteiger partial charge in [-0.15, -0.1) is 0 Å². The Balaban J connectivity index is 1.63. The first-order chi connectivity index (χ1) is 18.1. The van der Waals surface area contributed by atoms with Crippen molar-refractivity contribution in [3.8, 4) is 5.75 Å². The van der Waals surface area contributed by atoms with Crippen LogP contribution in [0.3, 0.4) is 0 Å². The highest BCUT2D eigenvalue weighted by Gasteiger charge is 2.44. The number of aromatic amines is 1. The number of nitrogens with one attached hydrogen (secondary N) is 3. The first-order valence-electron chi connectivity index (χ1n) is 11.1. The van der Waals surface area contributed by atoms with Gasteiger partial charge in [0.05, 0.1) is 24.4 Å². The standard InChI is InChI=1S/C26H18ClF4N5O2/c1-38-17-6-2-13(3-7-17)24-34-22(18-8-4-15(27)11-19(18)28)21(23(35-24)26(29,30)31)25(37)33-16-5-9-20-14(10-16)12-32-36-20/h2-12,22H,1H3,(H,32,36)(H,33,37)(H,34,35). The van der Waals surface area contributed by atoms with Crippen LogP contribution in [0.1, 0.15) is 17.2 Å². The Morgan fingerprint density at radius 2 is 1.84 bits per heavy atom. The van der Waals surface area contributed by atoms with Gasteiger partial charge in [0.2, 0.25) is 0 Å². The zero-order valence-corrected chi connectivity index (χ0v) is 20.3. The molecule has 38 heavy (non-hydrogen) atoms. The topological polar surface area (TPSA) is 91.4 Å². The minimum atomic E-state index is -5.00. The maximum atomic E-state index is 15.1. The number of hydrogen-bond donors (Lipinski definition) is 3. The van der Waals surface area contributed by atoms with E-state index in [1.54, 1.807) is 24.3 Å². The van der Waals surface area contributed by atoms with Crippen molar-refractivity contribution in [1.29, 1.82) is 0 Å². The number of carbonyl (C=O) groups is 1. The summed E-state index contributed by atoms with van der Waals surface area (Å²) in [5.41, 5.74) is -1.25. The second-order valence-corrected chi connectivity index (χ2v) is 8.75. The molecule has 1 atom stereocenters. The van der Waals surface area contributed by atoms with E-state index >= 15 is 4.39 Å². The van der Waals surface area contributed by atoms with Crippen LogP contribution in [-0.2, 0) is 4.79 Å². The van der Waals surface area contributed by atoms with E-state index in [4.69, 9.17) is 16.3 Å². The highest BCUT2D eigenvalue weighted by Crippen LogP contribution is 2.40. The Morgan fingerprint density at radius 3 is 2.53 bits per heavy atom. The molecule has 194 valence electrons. The summed E-state index contributed by atoms with van der Waals surface area (Å²) >= 11 is 5.88. The number of amides is 1. The number of benzene rings is 3. The monoisotopic (exact) mass is 543 g/mol. The third-order valence-corrected chi connectivity index (χ3v) is 6.13. The molecule has 4 aromatic rings. The Kier molecular flexibility index (Phi) is 6.53. The van der Waals surface area contributed by atoms with Crippen molar-refractivity contribution in [3.05, 3.63) is 100 Å². The van der Waals surface area contributed by atoms with Crippen LogP contribution in [0, 0.1) is 5.82 Å². The summed E-state index contributed by atoms with van der Waals surface area (Å²) in [5, 5.41) is 12.1. The molecule has 0 bridgehead atoms. The molecule has 0 saturated heterocycles. The number of hydrogen-bond acceptors (Lipinski definition) is 5. The summed E-state index contributed by atoms with van der Waals surface area (Å²) in [6.07, 6.45) is -3.50. The number of rotatable bonds is 5. The van der Waals surface area contributed by atoms with Crippen LogP contribution in [0.4, 0.5) is 23.2 Å². The molecule has 0 saturated carbocycles. The third-order valence-electron chi connectivity index (χ3n) is 5.89. The molecular formula is C26H18ClF4N5O2. The Hall–Kier alpha value is -4.38. The zero-order chi connectivity index (χ0) is 27.0. The molecular weight excluding hydrogens is 526 g/mol. The second kappa shape index (κ2) is 9.82. The number of alkyl halides is 3. The summed E-state index contributed by atoms with van der Waals surface area (Å²) < 4.78 is 63.4. The van der Waals surface area contributed by atoms with Gasteiger partial charge in [-0.3, -0.25) is 14.9 Å². The lowest BCUT2D eigenvalue weighted by Crippen LogP contribution is -2.40. The first-order valence-corrected chi connectivity index (χ1v) is 11.5. The maximum absolute atomic E-state index is 15.1. The van der Waals surface area contributed by atoms with Crippen LogP contribution in [0.15, 0.2) is 83.1 Å². The van der Waals surface area contributed by atoms with Gasteiger partial charge in [0.25, 0.3) is 5.91 Å². The smallest absolute Gasteiger partial charge is 0.431 e. The fourth-order valence-corrected chi connectivity index (χ4v) is 4.23. The van der Waals surface area contributed by atoms with Gasteiger partial charge in [-0.2, -0.15) is 18.3 Å². The van der Waals surface area contributed by atoms with Crippen molar-refractivity contribution < 1.29 is 27.1 Å². The number of nitrogens with zero attached hydrogens (tertiary/aromatic N) is 2. The number of H-pyrrole nitrogens is 1. The first kappa shape index (κ1) is 25.3. The van der Waals surface area contributed by atoms with Crippen molar-refractivity contribution in [2.75, 3.05) is 12.4 Å². The summed E-state index contributed by atoms with van der Waals surface area (Å²) in [6.45, 7) is 0. The fourth-order valence-electron chi connectivity index (χ4n) is 4.07. The maximum Gasteiger partial charge on any atom is 0.431 e. The molecule has 12 heteroatoms. The SMILES string of the molecule is COc1ccc(C2=NC(c3ccc(Cl)cc3F)C(C(=O)Nc3ccc4[nH]ncc4c3)=C(C(F)(F)F)N2)cc1. The highest BCUT2D eigenvalue weighted by atomic mass is 35.5. The van der Waals surface area contributed by atoms with Crippen LogP contribution < -0.4 is 15.4 Å². The number of aromatic nitrogens is 2. The van der Waals surface area contributed by atoms with Crippen molar-refractivity contribution in [3.63, 3.8) is 0 Å². The van der Waals surface area contributed by atoms with Crippen LogP contribution in [-0.4, -0.2) is 35.2 Å². The zero-order valence-electron chi connectivity index (χ0n) is 19.5. The van der Waals surface area contributed by atoms with Gasteiger partial charge in [0, 0.05) is 27.2 Å². The lowest BCUT2D eigenvalue weighted by molar-refractivity contribution is -0.116. The van der Waals surface area contributed by atoms with Gasteiger partial charge in [-0.25, -0.2) is 4.39 Å². The molecule has 1 aromatic heterocycles. The molecule has 1 aliphatic rings. The lowest BCUT2D eigenvalue weighted by Gasteiger charge is -2.29. The number of ether oxygens (including phenoxy) is 1. The summed E-state index contributed by atoms with van der Waals surface area (Å²) in [5.74, 6) is -1.74. The van der Waals surface area contributed by atoms with Crippen LogP contribution in [0.5, 0.6) is 5.75 Å². The van der Waals surface area contributed by atoms with Gasteiger partial charge in [0.15, 0.2) is 0 Å². The Bertz CT molecular complexity index is 1600. The largest absolute Gasteiger partial charge is 0.497 e. The van der Waals surface area contributed by atoms with Crippen molar-refractivity contribution in [2.45, 2.75) is 12.2 Å². The molecule has 0 radical (unpaired) electrons. The quantitative estimate of drug-likeness (QED) is 0.273. The molecule has 1 amide bonds. The number of anilines is 1. The normalized spacial score (nSPS) is 15.7. The molecule has 0 aliphatic carbocycles. The summed E-state index contributed by atoms with van der Waals surface area (Å²) in [4.78, 5) is 17.8. The van der Waals surface area contributed by atoms with Crippen molar-refractivity contribution in [2.24, 2.45) is 4.99 Å². The van der Waals surface area contributed by atoms with Gasteiger partial charge in [0.1, 0.15) is 29.1 Å². The molecule has 2 heterocycles. The number of amidine groups is 1. The molecule has 3 aromatic carbocycles. The van der Waals surface area contributed by atoms with E-state index < -0.39 is 35.2 Å². The Morgan fingerprint density at radius 1 is 1.08 bits per heavy atom. The molecule has 0 fully saturated rings. The van der Waals surface area contributed by atoms with Gasteiger partial charge in [-0.1, -0.05) is 17.7 Å². The predicted molar refractivity (Wildman–Crippen MR) is 135 cm³/mol. The average molecular weight is 544 g/mol. The average Bonchev–Trinajstić information content (AvgIpc) is 3.35. The molecule has 7 nitrogen and oxygen atoms in total. The van der Waals surface area contributed by atoms with Crippen molar-refractivity contribution in [1.82, 2.24) is 15.5 Å². The van der Waals surface area contributed by atoms with Gasteiger partial charge < -0.3 is 15.4 Å². The molecule has 5 rings (SSSR count). The minimum Gasteiger partial charge on any atom is -0.497 e. The number of fused-ring (bicyclic) bond motifs is 1. The van der Waals surface area contributed by atoms with E-state index in [0.717, 1.165) is 6.07 Å². The third kappa shape index (κ3) is 4.92. The van der Waals surface area contributed by atoms with E-state index in [-0.39, 0.29) is 27.7 Å². The highest BCUT2D eigenvalue weighted by molar-refractivity contribution is 6.30. The lowest BCUT2D eigenvalue weighted by atomic mass is 9.93. The van der Waals surface area contributed by atoms with Crippen LogP contribution in [0.25, 0.3) is 10.9 Å². The van der Waals surface area contributed by atoms with E-state index in [9.17, 15) is 18.0 Å². The molecule has 0 spiro atoms. The van der Waals surface area contributed by atoms with E-state index in [1.165, 1.54) is 43.6 Å². The van der Waals surface area contributed by atoms with Crippen molar-refractivity contribution >= 4 is 39.9 Å². The van der Waals surface area contributed by atoms with Crippen LogP contribution >= 0.6 is 11.6 Å². The van der Waals surface area contributed by atoms with E-state index in [1.807, 2.05) is 0 Å². The van der Waals surface area contributed by atoms with Crippen LogP contribution in [0.2, 0.25) is 5.02 Å². The molecule has 3 N–H and O–H groups in total. The fraction of sp³-hybridized carbons (Fsp3) is 0.115. The van der Waals surface area contributed by atoms with E-state index in [0.29, 0.717) is 16.7 Å². The summed E-state index contributed by atoms with van der Waals surface area (Å²) in [6, 6.07) is 12.6. The number of carbonyl (C=O) groups excluding carboxylic acids is 1. The number of aliphatic imine (C=N–C) groups is 1. The molecule has 1 aliphatic heterocycles. The second-order valence-electron chi connectivity index (χ2n) is 8.31. The summed E-state index contributed by atoms with van der Waals surface area (Å²) in [7, 11) is 1.45. The van der Waals surface area contributed by atoms with Gasteiger partial charge in [-0.05, 0) is 54.6 Å². The molecule has 1 unspecified atom stereocenters. The van der Waals surface area contributed by atoms with E-state index in [2.05, 4.69) is 25.8 Å². The predicted octanol–water partition coefficient (Wildman–Crippen LogP) is 5.91. The number of allylic oxidation sites excluding steroid dienone is 1. The van der Waals surface area contributed by atoms with Gasteiger partial charge >= 0.3 is 6.18 Å². The number of methoxy groups -OCH3 is 1. The Labute approximate surface area is 218 Å².